The molecule has 0 unspecified atom stereocenters. The van der Waals surface area contributed by atoms with Crippen molar-refractivity contribution in [3.8, 4) is 0 Å². The summed E-state index contributed by atoms with van der Waals surface area (Å²) in [5, 5.41) is 7.63. The predicted molar refractivity (Wildman–Crippen MR) is 115 cm³/mol. The number of amidine groups is 1. The molecule has 32 heavy (non-hydrogen) atoms. The smallest absolute Gasteiger partial charge is 0.235 e. The number of hydrogen-bond acceptors (Lipinski definition) is 5. The lowest BCUT2D eigenvalue weighted by Gasteiger charge is -2.29. The molecule has 3 saturated heterocycles. The van der Waals surface area contributed by atoms with E-state index in [0.29, 0.717) is 24.1 Å². The first-order chi connectivity index (χ1) is 15.4. The van der Waals surface area contributed by atoms with E-state index in [1.165, 1.54) is 17.0 Å². The fourth-order valence-corrected chi connectivity index (χ4v) is 5.60. The van der Waals surface area contributed by atoms with Gasteiger partial charge in [0.1, 0.15) is 11.7 Å². The number of amides is 2. The Morgan fingerprint density at radius 2 is 1.75 bits per heavy atom. The van der Waals surface area contributed by atoms with Crippen LogP contribution in [0.15, 0.2) is 48.5 Å². The van der Waals surface area contributed by atoms with Gasteiger partial charge >= 0.3 is 0 Å². The molecule has 3 heterocycles. The highest BCUT2D eigenvalue weighted by atomic mass is 19.1. The van der Waals surface area contributed by atoms with E-state index < -0.39 is 11.8 Å². The van der Waals surface area contributed by atoms with E-state index in [9.17, 15) is 14.0 Å². The number of rotatable bonds is 5. The van der Waals surface area contributed by atoms with Crippen molar-refractivity contribution in [2.75, 3.05) is 13.7 Å². The number of ether oxygens (including phenoxy) is 1. The van der Waals surface area contributed by atoms with Crippen molar-refractivity contribution in [1.82, 2.24) is 9.80 Å². The van der Waals surface area contributed by atoms with Crippen LogP contribution in [0.1, 0.15) is 29.2 Å². The minimum Gasteiger partial charge on any atom is -0.384 e. The number of nitrogens with two attached hydrogens (primary N) is 1. The Labute approximate surface area is 185 Å². The van der Waals surface area contributed by atoms with Crippen LogP contribution in [0.2, 0.25) is 0 Å². The Balaban J connectivity index is 1.49. The fourth-order valence-electron chi connectivity index (χ4n) is 5.60. The number of imide groups is 1. The molecule has 0 bridgehead atoms. The first-order valence-corrected chi connectivity index (χ1v) is 10.7. The van der Waals surface area contributed by atoms with Crippen LogP contribution in [0, 0.1) is 23.1 Å². The maximum atomic E-state index is 13.5. The number of benzene rings is 2. The zero-order chi connectivity index (χ0) is 22.6. The first kappa shape index (κ1) is 20.8. The number of carbonyl (C=O) groups excluding carboxylic acids is 2. The minimum atomic E-state index is -0.478. The third-order valence-electron chi connectivity index (χ3n) is 7.10. The van der Waals surface area contributed by atoms with Crippen molar-refractivity contribution < 1.29 is 18.7 Å². The molecule has 0 saturated carbocycles. The standard InChI is InChI=1S/C24H25FN4O3/c1-32-17-10-18-19-20(21(28(18)12-17)14-4-6-15(7-5-14)22(26)27)24(31)29(23(19)30)11-13-2-8-16(25)9-3-13/h2-9,17-21H,10-12H2,1H3,(H3,26,27)/t17-,18-,19+,20+,21+/m1/s1. The van der Waals surface area contributed by atoms with Crippen molar-refractivity contribution in [2.45, 2.75) is 31.2 Å². The first-order valence-electron chi connectivity index (χ1n) is 10.7. The zero-order valence-corrected chi connectivity index (χ0v) is 17.7. The highest BCUT2D eigenvalue weighted by Gasteiger charge is 2.64. The van der Waals surface area contributed by atoms with Gasteiger partial charge < -0.3 is 10.5 Å². The van der Waals surface area contributed by atoms with Crippen LogP contribution in [0.5, 0.6) is 0 Å². The number of nitrogens with zero attached hydrogens (tertiary/aromatic N) is 2. The van der Waals surface area contributed by atoms with Gasteiger partial charge in [-0.25, -0.2) is 4.39 Å². The summed E-state index contributed by atoms with van der Waals surface area (Å²) in [6, 6.07) is 12.9. The third-order valence-corrected chi connectivity index (χ3v) is 7.10. The van der Waals surface area contributed by atoms with Gasteiger partial charge in [0.15, 0.2) is 0 Å². The van der Waals surface area contributed by atoms with Gasteiger partial charge in [-0.05, 0) is 29.7 Å². The molecule has 166 valence electrons. The van der Waals surface area contributed by atoms with Gasteiger partial charge in [0.05, 0.1) is 24.5 Å². The Hall–Kier alpha value is -3.10. The van der Waals surface area contributed by atoms with Gasteiger partial charge in [-0.3, -0.25) is 24.8 Å². The largest absolute Gasteiger partial charge is 0.384 e. The molecule has 2 amide bonds. The number of likely N-dealkylation sites (tertiary alicyclic amines) is 1. The highest BCUT2D eigenvalue weighted by molar-refractivity contribution is 6.06. The molecule has 3 aliphatic heterocycles. The summed E-state index contributed by atoms with van der Waals surface area (Å²) < 4.78 is 18.9. The number of fused-ring (bicyclic) bond motifs is 3. The molecule has 3 fully saturated rings. The Morgan fingerprint density at radius 3 is 2.38 bits per heavy atom. The van der Waals surface area contributed by atoms with E-state index in [-0.39, 0.29) is 48.2 Å². The molecule has 2 aromatic carbocycles. The molecule has 0 aromatic heterocycles. The number of halogens is 1. The van der Waals surface area contributed by atoms with E-state index in [0.717, 1.165) is 5.56 Å². The summed E-state index contributed by atoms with van der Waals surface area (Å²) in [6.45, 7) is 0.799. The van der Waals surface area contributed by atoms with Gasteiger partial charge in [-0.2, -0.15) is 0 Å². The van der Waals surface area contributed by atoms with E-state index in [1.807, 2.05) is 12.1 Å². The lowest BCUT2D eigenvalue weighted by molar-refractivity contribution is -0.142. The second-order valence-electron chi connectivity index (χ2n) is 8.78. The van der Waals surface area contributed by atoms with Gasteiger partial charge in [0.2, 0.25) is 11.8 Å². The predicted octanol–water partition coefficient (Wildman–Crippen LogP) is 2.06. The SMILES string of the molecule is CO[C@@H]1C[C@@H]2[C@@H]3C(=O)N(Cc4ccc(F)cc4)C(=O)[C@@H]3[C@H](c3ccc(C(=N)N)cc3)N2C1. The molecule has 8 heteroatoms. The molecule has 0 aliphatic carbocycles. The molecule has 7 nitrogen and oxygen atoms in total. The summed E-state index contributed by atoms with van der Waals surface area (Å²) in [5.41, 5.74) is 7.85. The summed E-state index contributed by atoms with van der Waals surface area (Å²) in [6.07, 6.45) is 0.706. The molecule has 5 atom stereocenters. The number of hydrogen-bond donors (Lipinski definition) is 2. The zero-order valence-electron chi connectivity index (χ0n) is 17.7. The van der Waals surface area contributed by atoms with E-state index in [4.69, 9.17) is 15.9 Å². The number of carbonyl (C=O) groups is 2. The minimum absolute atomic E-state index is 0.00833. The van der Waals surface area contributed by atoms with Gasteiger partial charge in [0.25, 0.3) is 0 Å². The second kappa shape index (κ2) is 7.79. The molecular formula is C24H25FN4O3. The molecule has 3 N–H and O–H groups in total. The molecule has 0 spiro atoms. The molecule has 2 aromatic rings. The third kappa shape index (κ3) is 3.22. The van der Waals surface area contributed by atoms with E-state index in [2.05, 4.69) is 4.90 Å². The number of methoxy groups -OCH3 is 1. The Kier molecular flexibility index (Phi) is 5.06. The lowest BCUT2D eigenvalue weighted by atomic mass is 9.84. The van der Waals surface area contributed by atoms with Crippen molar-refractivity contribution in [3.05, 3.63) is 71.0 Å². The normalized spacial score (nSPS) is 29.4. The average Bonchev–Trinajstić information content (AvgIpc) is 3.40. The molecule has 5 rings (SSSR count). The van der Waals surface area contributed by atoms with Crippen molar-refractivity contribution in [2.24, 2.45) is 17.6 Å². The van der Waals surface area contributed by atoms with Crippen molar-refractivity contribution in [3.63, 3.8) is 0 Å². The van der Waals surface area contributed by atoms with Crippen LogP contribution in [0.4, 0.5) is 4.39 Å². The monoisotopic (exact) mass is 436 g/mol. The van der Waals surface area contributed by atoms with Crippen LogP contribution >= 0.6 is 0 Å². The summed E-state index contributed by atoms with van der Waals surface area (Å²) in [5.74, 6) is -1.63. The van der Waals surface area contributed by atoms with E-state index >= 15 is 0 Å². The average molecular weight is 436 g/mol. The van der Waals surface area contributed by atoms with Crippen molar-refractivity contribution in [1.29, 1.82) is 5.41 Å². The van der Waals surface area contributed by atoms with E-state index in [1.54, 1.807) is 31.4 Å². The summed E-state index contributed by atoms with van der Waals surface area (Å²) in [4.78, 5) is 30.5. The number of nitrogen functional groups attached to an aromatic ring is 1. The molecular weight excluding hydrogens is 411 g/mol. The Bertz CT molecular complexity index is 1070. The van der Waals surface area contributed by atoms with Crippen molar-refractivity contribution >= 4 is 17.6 Å². The molecule has 3 aliphatic rings. The summed E-state index contributed by atoms with van der Waals surface area (Å²) >= 11 is 0. The quantitative estimate of drug-likeness (QED) is 0.425. The second-order valence-corrected chi connectivity index (χ2v) is 8.78. The maximum absolute atomic E-state index is 13.5. The van der Waals surface area contributed by atoms with Gasteiger partial charge in [-0.1, -0.05) is 36.4 Å². The van der Waals surface area contributed by atoms with Gasteiger partial charge in [0, 0.05) is 31.3 Å². The Morgan fingerprint density at radius 1 is 1.09 bits per heavy atom. The van der Waals surface area contributed by atoms with Gasteiger partial charge in [-0.15, -0.1) is 0 Å². The van der Waals surface area contributed by atoms with Crippen LogP contribution in [-0.2, 0) is 20.9 Å². The van der Waals surface area contributed by atoms with Crippen LogP contribution in [-0.4, -0.2) is 53.3 Å². The molecule has 0 radical (unpaired) electrons. The topological polar surface area (TPSA) is 99.7 Å². The maximum Gasteiger partial charge on any atom is 0.235 e. The summed E-state index contributed by atoms with van der Waals surface area (Å²) in [7, 11) is 1.67. The van der Waals surface area contributed by atoms with Crippen LogP contribution in [0.25, 0.3) is 0 Å². The van der Waals surface area contributed by atoms with Crippen LogP contribution in [0.3, 0.4) is 0 Å². The lowest BCUT2D eigenvalue weighted by Crippen LogP contribution is -2.39. The van der Waals surface area contributed by atoms with Crippen LogP contribution < -0.4 is 5.73 Å². The highest BCUT2D eigenvalue weighted by Crippen LogP contribution is 2.53. The fraction of sp³-hybridized carbons (Fsp3) is 0.375. The number of nitrogens with one attached hydrogen (secondary N) is 1.